The molecule has 0 aromatic carbocycles. The van der Waals surface area contributed by atoms with Crippen LogP contribution in [0, 0.1) is 0 Å². The summed E-state index contributed by atoms with van der Waals surface area (Å²) in [5, 5.41) is 18.8. The molecule has 2 fully saturated rings. The SMILES string of the molecule is CN(C)c1ccc(N2CCN(CC3(O)CCC3)CC2)nn1. The van der Waals surface area contributed by atoms with Gasteiger partial charge in [-0.15, -0.1) is 10.2 Å². The number of β-amino-alcohol motifs (C(OH)–C–C–N with tert-alkyl or cyclic N) is 1. The van der Waals surface area contributed by atoms with Gasteiger partial charge < -0.3 is 14.9 Å². The van der Waals surface area contributed by atoms with Crippen LogP contribution in [0.4, 0.5) is 11.6 Å². The summed E-state index contributed by atoms with van der Waals surface area (Å²) >= 11 is 0. The highest BCUT2D eigenvalue weighted by Gasteiger charge is 2.36. The number of nitrogens with zero attached hydrogens (tertiary/aromatic N) is 5. The third kappa shape index (κ3) is 3.27. The summed E-state index contributed by atoms with van der Waals surface area (Å²) in [6, 6.07) is 4.04. The Morgan fingerprint density at radius 3 is 2.33 bits per heavy atom. The van der Waals surface area contributed by atoms with Crippen molar-refractivity contribution in [1.82, 2.24) is 15.1 Å². The molecule has 1 aliphatic carbocycles. The van der Waals surface area contributed by atoms with E-state index in [9.17, 15) is 5.11 Å². The standard InChI is InChI=1S/C15H25N5O/c1-18(2)13-4-5-14(17-16-13)20-10-8-19(9-11-20)12-15(21)6-3-7-15/h4-5,21H,3,6-12H2,1-2H3. The molecule has 1 aliphatic heterocycles. The Morgan fingerprint density at radius 1 is 1.14 bits per heavy atom. The molecule has 1 saturated carbocycles. The summed E-state index contributed by atoms with van der Waals surface area (Å²) < 4.78 is 0. The van der Waals surface area contributed by atoms with Gasteiger partial charge in [-0.3, -0.25) is 4.90 Å². The van der Waals surface area contributed by atoms with Gasteiger partial charge in [-0.1, -0.05) is 0 Å². The molecule has 1 saturated heterocycles. The van der Waals surface area contributed by atoms with Gasteiger partial charge in [0.25, 0.3) is 0 Å². The van der Waals surface area contributed by atoms with Crippen molar-refractivity contribution in [1.29, 1.82) is 0 Å². The van der Waals surface area contributed by atoms with Crippen molar-refractivity contribution in [3.05, 3.63) is 12.1 Å². The third-order valence-corrected chi connectivity index (χ3v) is 4.59. The van der Waals surface area contributed by atoms with Gasteiger partial charge in [0.1, 0.15) is 0 Å². The van der Waals surface area contributed by atoms with Gasteiger partial charge in [-0.2, -0.15) is 0 Å². The average Bonchev–Trinajstić information content (AvgIpc) is 2.46. The Hall–Kier alpha value is -1.40. The molecule has 21 heavy (non-hydrogen) atoms. The topological polar surface area (TPSA) is 55.7 Å². The minimum atomic E-state index is -0.407. The van der Waals surface area contributed by atoms with Crippen LogP contribution in [0.25, 0.3) is 0 Å². The van der Waals surface area contributed by atoms with Crippen molar-refractivity contribution in [2.75, 3.05) is 56.6 Å². The molecule has 6 nitrogen and oxygen atoms in total. The lowest BCUT2D eigenvalue weighted by molar-refractivity contribution is -0.0594. The molecule has 1 aromatic heterocycles. The highest BCUT2D eigenvalue weighted by molar-refractivity contribution is 5.44. The zero-order valence-electron chi connectivity index (χ0n) is 13.0. The fourth-order valence-corrected chi connectivity index (χ4v) is 3.02. The normalized spacial score (nSPS) is 22.0. The van der Waals surface area contributed by atoms with E-state index in [1.807, 2.05) is 31.1 Å². The van der Waals surface area contributed by atoms with Crippen LogP contribution in [0.2, 0.25) is 0 Å². The van der Waals surface area contributed by atoms with Crippen molar-refractivity contribution in [2.45, 2.75) is 24.9 Å². The minimum absolute atomic E-state index is 0.407. The van der Waals surface area contributed by atoms with Gasteiger partial charge in [0.05, 0.1) is 5.60 Å². The summed E-state index contributed by atoms with van der Waals surface area (Å²) in [6.45, 7) is 4.70. The van der Waals surface area contributed by atoms with Crippen LogP contribution in [0.1, 0.15) is 19.3 Å². The Balaban J connectivity index is 1.53. The molecule has 6 heteroatoms. The predicted molar refractivity (Wildman–Crippen MR) is 83.8 cm³/mol. The lowest BCUT2D eigenvalue weighted by Gasteiger charge is -2.43. The van der Waals surface area contributed by atoms with Crippen LogP contribution < -0.4 is 9.80 Å². The van der Waals surface area contributed by atoms with Gasteiger partial charge in [0, 0.05) is 46.8 Å². The van der Waals surface area contributed by atoms with Gasteiger partial charge >= 0.3 is 0 Å². The first-order valence-electron chi connectivity index (χ1n) is 7.76. The number of rotatable bonds is 4. The van der Waals surface area contributed by atoms with Crippen molar-refractivity contribution in [3.63, 3.8) is 0 Å². The number of hydrogen-bond donors (Lipinski definition) is 1. The van der Waals surface area contributed by atoms with Crippen LogP contribution in [0.3, 0.4) is 0 Å². The predicted octanol–water partition coefficient (Wildman–Crippen LogP) is 0.580. The van der Waals surface area contributed by atoms with Gasteiger partial charge in [-0.25, -0.2) is 0 Å². The number of hydrogen-bond acceptors (Lipinski definition) is 6. The number of piperazine rings is 1. The van der Waals surface area contributed by atoms with E-state index >= 15 is 0 Å². The number of aliphatic hydroxyl groups is 1. The quantitative estimate of drug-likeness (QED) is 0.876. The van der Waals surface area contributed by atoms with E-state index in [0.717, 1.165) is 57.2 Å². The summed E-state index contributed by atoms with van der Waals surface area (Å²) in [5.41, 5.74) is -0.407. The van der Waals surface area contributed by atoms with E-state index in [4.69, 9.17) is 0 Å². The van der Waals surface area contributed by atoms with E-state index in [1.54, 1.807) is 0 Å². The monoisotopic (exact) mass is 291 g/mol. The summed E-state index contributed by atoms with van der Waals surface area (Å²) in [5.74, 6) is 1.83. The highest BCUT2D eigenvalue weighted by Crippen LogP contribution is 2.32. The number of aromatic nitrogens is 2. The van der Waals surface area contributed by atoms with E-state index in [2.05, 4.69) is 20.0 Å². The van der Waals surface area contributed by atoms with Crippen LogP contribution in [0.5, 0.6) is 0 Å². The molecule has 0 spiro atoms. The van der Waals surface area contributed by atoms with Gasteiger partial charge in [0.15, 0.2) is 11.6 Å². The first-order chi connectivity index (χ1) is 10.1. The van der Waals surface area contributed by atoms with Crippen molar-refractivity contribution >= 4 is 11.6 Å². The van der Waals surface area contributed by atoms with Crippen molar-refractivity contribution < 1.29 is 5.11 Å². The lowest BCUT2D eigenvalue weighted by atomic mass is 9.80. The molecule has 0 atom stereocenters. The van der Waals surface area contributed by atoms with E-state index in [-0.39, 0.29) is 0 Å². The van der Waals surface area contributed by atoms with Crippen LogP contribution >= 0.6 is 0 Å². The first kappa shape index (κ1) is 14.5. The van der Waals surface area contributed by atoms with Crippen LogP contribution in [0.15, 0.2) is 12.1 Å². The Labute approximate surface area is 126 Å². The molecule has 2 heterocycles. The molecule has 0 radical (unpaired) electrons. The zero-order valence-corrected chi connectivity index (χ0v) is 13.0. The van der Waals surface area contributed by atoms with E-state index in [1.165, 1.54) is 6.42 Å². The largest absolute Gasteiger partial charge is 0.389 e. The summed E-state index contributed by atoms with van der Waals surface area (Å²) in [6.07, 6.45) is 3.10. The van der Waals surface area contributed by atoms with Crippen LogP contribution in [-0.4, -0.2) is 72.6 Å². The lowest BCUT2D eigenvalue weighted by Crippen LogP contribution is -2.54. The van der Waals surface area contributed by atoms with Crippen molar-refractivity contribution in [2.24, 2.45) is 0 Å². The first-order valence-corrected chi connectivity index (χ1v) is 7.76. The van der Waals surface area contributed by atoms with Crippen molar-refractivity contribution in [3.8, 4) is 0 Å². The maximum atomic E-state index is 10.2. The maximum Gasteiger partial charge on any atom is 0.151 e. The molecule has 1 N–H and O–H groups in total. The Bertz CT molecular complexity index is 463. The molecule has 0 bridgehead atoms. The molecular formula is C15H25N5O. The molecule has 116 valence electrons. The van der Waals surface area contributed by atoms with Gasteiger partial charge in [-0.05, 0) is 31.4 Å². The fourth-order valence-electron chi connectivity index (χ4n) is 3.02. The minimum Gasteiger partial charge on any atom is -0.389 e. The summed E-state index contributed by atoms with van der Waals surface area (Å²) in [7, 11) is 3.93. The molecule has 3 rings (SSSR count). The third-order valence-electron chi connectivity index (χ3n) is 4.59. The average molecular weight is 291 g/mol. The summed E-state index contributed by atoms with van der Waals surface area (Å²) in [4.78, 5) is 6.60. The molecule has 2 aliphatic rings. The van der Waals surface area contributed by atoms with E-state index in [0.29, 0.717) is 0 Å². The number of anilines is 2. The second-order valence-corrected chi connectivity index (χ2v) is 6.49. The molecule has 0 unspecified atom stereocenters. The van der Waals surface area contributed by atoms with E-state index < -0.39 is 5.60 Å². The molecular weight excluding hydrogens is 266 g/mol. The van der Waals surface area contributed by atoms with Crippen LogP contribution in [-0.2, 0) is 0 Å². The Morgan fingerprint density at radius 2 is 1.86 bits per heavy atom. The maximum absolute atomic E-state index is 10.2. The zero-order chi connectivity index (χ0) is 14.9. The molecule has 1 aromatic rings. The highest BCUT2D eigenvalue weighted by atomic mass is 16.3. The second-order valence-electron chi connectivity index (χ2n) is 6.49. The second kappa shape index (κ2) is 5.77. The van der Waals surface area contributed by atoms with Gasteiger partial charge in [0.2, 0.25) is 0 Å². The molecule has 0 amide bonds. The smallest absolute Gasteiger partial charge is 0.151 e. The Kier molecular flexibility index (Phi) is 3.99. The fraction of sp³-hybridized carbons (Fsp3) is 0.733.